The Labute approximate surface area is 80.7 Å². The fourth-order valence-corrected chi connectivity index (χ4v) is 2.75. The first-order chi connectivity index (χ1) is 6.23. The van der Waals surface area contributed by atoms with Gasteiger partial charge in [-0.3, -0.25) is 0 Å². The number of piperidine rings is 1. The molecule has 0 bridgehead atoms. The Hall–Kier alpha value is -0.0800. The molecule has 0 radical (unpaired) electrons. The Morgan fingerprint density at radius 2 is 2.08 bits per heavy atom. The standard InChI is InChI=1S/C11H21NO/c1-11(8-13)7-10(5-6-12-11)9-3-2-4-9/h9-10,12-13H,2-8H2,1H3. The Morgan fingerprint density at radius 1 is 1.31 bits per heavy atom. The molecule has 2 atom stereocenters. The molecule has 2 nitrogen and oxygen atoms in total. The van der Waals surface area contributed by atoms with Gasteiger partial charge in [0.05, 0.1) is 6.61 Å². The van der Waals surface area contributed by atoms with Crippen LogP contribution in [0.3, 0.4) is 0 Å². The van der Waals surface area contributed by atoms with Crippen LogP contribution in [-0.2, 0) is 0 Å². The van der Waals surface area contributed by atoms with Gasteiger partial charge >= 0.3 is 0 Å². The van der Waals surface area contributed by atoms with Gasteiger partial charge in [-0.2, -0.15) is 0 Å². The summed E-state index contributed by atoms with van der Waals surface area (Å²) in [7, 11) is 0. The van der Waals surface area contributed by atoms with E-state index in [1.54, 1.807) is 0 Å². The number of hydrogen-bond acceptors (Lipinski definition) is 2. The first-order valence-corrected chi connectivity index (χ1v) is 5.59. The zero-order chi connectivity index (χ0) is 9.31. The van der Waals surface area contributed by atoms with Gasteiger partial charge in [0.2, 0.25) is 0 Å². The lowest BCUT2D eigenvalue weighted by molar-refractivity contribution is 0.0733. The number of rotatable bonds is 2. The monoisotopic (exact) mass is 183 g/mol. The van der Waals surface area contributed by atoms with Crippen molar-refractivity contribution in [2.24, 2.45) is 11.8 Å². The average molecular weight is 183 g/mol. The maximum absolute atomic E-state index is 9.28. The van der Waals surface area contributed by atoms with Crippen molar-refractivity contribution in [2.75, 3.05) is 13.2 Å². The van der Waals surface area contributed by atoms with E-state index in [9.17, 15) is 5.11 Å². The largest absolute Gasteiger partial charge is 0.394 e. The molecule has 1 saturated carbocycles. The second kappa shape index (κ2) is 3.58. The molecule has 13 heavy (non-hydrogen) atoms. The maximum Gasteiger partial charge on any atom is 0.0610 e. The lowest BCUT2D eigenvalue weighted by Gasteiger charge is -2.44. The molecule has 1 heterocycles. The summed E-state index contributed by atoms with van der Waals surface area (Å²) >= 11 is 0. The Bertz CT molecular complexity index is 179. The van der Waals surface area contributed by atoms with Crippen LogP contribution in [0.1, 0.15) is 39.0 Å². The predicted molar refractivity (Wildman–Crippen MR) is 53.6 cm³/mol. The van der Waals surface area contributed by atoms with E-state index in [0.29, 0.717) is 0 Å². The van der Waals surface area contributed by atoms with E-state index in [-0.39, 0.29) is 12.1 Å². The molecule has 2 unspecified atom stereocenters. The van der Waals surface area contributed by atoms with Crippen LogP contribution in [0.4, 0.5) is 0 Å². The Kier molecular flexibility index (Phi) is 2.61. The first-order valence-electron chi connectivity index (χ1n) is 5.59. The van der Waals surface area contributed by atoms with Crippen molar-refractivity contribution in [1.29, 1.82) is 0 Å². The second-order valence-electron chi connectivity index (χ2n) is 5.09. The van der Waals surface area contributed by atoms with E-state index in [1.807, 2.05) is 0 Å². The van der Waals surface area contributed by atoms with Gasteiger partial charge < -0.3 is 10.4 Å². The minimum absolute atomic E-state index is 0.0124. The third kappa shape index (κ3) is 1.89. The highest BCUT2D eigenvalue weighted by atomic mass is 16.3. The van der Waals surface area contributed by atoms with E-state index in [2.05, 4.69) is 12.2 Å². The van der Waals surface area contributed by atoms with Crippen molar-refractivity contribution in [3.63, 3.8) is 0 Å². The zero-order valence-electron chi connectivity index (χ0n) is 8.55. The van der Waals surface area contributed by atoms with Crippen molar-refractivity contribution in [2.45, 2.75) is 44.6 Å². The van der Waals surface area contributed by atoms with Gasteiger partial charge in [0.15, 0.2) is 0 Å². The van der Waals surface area contributed by atoms with Crippen LogP contribution < -0.4 is 5.32 Å². The van der Waals surface area contributed by atoms with Crippen LogP contribution in [0.25, 0.3) is 0 Å². The molecule has 2 heteroatoms. The smallest absolute Gasteiger partial charge is 0.0610 e. The minimum Gasteiger partial charge on any atom is -0.394 e. The number of aliphatic hydroxyl groups is 1. The Balaban J connectivity index is 1.91. The zero-order valence-corrected chi connectivity index (χ0v) is 8.55. The van der Waals surface area contributed by atoms with Gasteiger partial charge in [-0.05, 0) is 38.1 Å². The van der Waals surface area contributed by atoms with Gasteiger partial charge in [-0.1, -0.05) is 19.3 Å². The maximum atomic E-state index is 9.28. The summed E-state index contributed by atoms with van der Waals surface area (Å²) in [5.41, 5.74) is 0.0124. The third-order valence-electron chi connectivity index (χ3n) is 3.95. The third-order valence-corrected chi connectivity index (χ3v) is 3.95. The molecule has 1 aliphatic carbocycles. The van der Waals surface area contributed by atoms with E-state index in [4.69, 9.17) is 0 Å². The molecule has 0 spiro atoms. The molecular weight excluding hydrogens is 162 g/mol. The van der Waals surface area contributed by atoms with Crippen molar-refractivity contribution in [1.82, 2.24) is 5.32 Å². The fourth-order valence-electron chi connectivity index (χ4n) is 2.75. The van der Waals surface area contributed by atoms with Crippen LogP contribution in [0, 0.1) is 11.8 Å². The average Bonchev–Trinajstić information content (AvgIpc) is 2.01. The van der Waals surface area contributed by atoms with Crippen LogP contribution >= 0.6 is 0 Å². The molecule has 0 amide bonds. The highest BCUT2D eigenvalue weighted by Gasteiger charge is 2.36. The van der Waals surface area contributed by atoms with Gasteiger partial charge in [0.1, 0.15) is 0 Å². The molecule has 0 aromatic rings. The summed E-state index contributed by atoms with van der Waals surface area (Å²) < 4.78 is 0. The van der Waals surface area contributed by atoms with Gasteiger partial charge in [-0.25, -0.2) is 0 Å². The summed E-state index contributed by atoms with van der Waals surface area (Å²) in [6.07, 6.45) is 6.80. The molecule has 2 N–H and O–H groups in total. The summed E-state index contributed by atoms with van der Waals surface area (Å²) in [6, 6.07) is 0. The molecule has 1 aliphatic heterocycles. The summed E-state index contributed by atoms with van der Waals surface area (Å²) in [5.74, 6) is 1.86. The van der Waals surface area contributed by atoms with Crippen LogP contribution in [-0.4, -0.2) is 23.8 Å². The normalized spacial score (nSPS) is 41.5. The fraction of sp³-hybridized carbons (Fsp3) is 1.00. The van der Waals surface area contributed by atoms with Crippen molar-refractivity contribution in [3.8, 4) is 0 Å². The van der Waals surface area contributed by atoms with Gasteiger partial charge in [0.25, 0.3) is 0 Å². The van der Waals surface area contributed by atoms with Gasteiger partial charge in [-0.15, -0.1) is 0 Å². The van der Waals surface area contributed by atoms with Gasteiger partial charge in [0, 0.05) is 5.54 Å². The molecule has 76 valence electrons. The molecule has 1 saturated heterocycles. The number of aliphatic hydroxyl groups excluding tert-OH is 1. The van der Waals surface area contributed by atoms with Crippen molar-refractivity contribution in [3.05, 3.63) is 0 Å². The first kappa shape index (κ1) is 9.47. The summed E-state index contributed by atoms with van der Waals surface area (Å²) in [6.45, 7) is 3.53. The molecule has 0 aromatic carbocycles. The topological polar surface area (TPSA) is 32.3 Å². The Morgan fingerprint density at radius 3 is 2.62 bits per heavy atom. The number of nitrogens with one attached hydrogen (secondary N) is 1. The lowest BCUT2D eigenvalue weighted by Crippen LogP contribution is -2.52. The summed E-state index contributed by atoms with van der Waals surface area (Å²) in [4.78, 5) is 0. The van der Waals surface area contributed by atoms with E-state index in [1.165, 1.54) is 32.1 Å². The molecule has 2 fully saturated rings. The van der Waals surface area contributed by atoms with E-state index >= 15 is 0 Å². The predicted octanol–water partition coefficient (Wildman–Crippen LogP) is 1.54. The lowest BCUT2D eigenvalue weighted by atomic mass is 9.68. The molecule has 0 aromatic heterocycles. The van der Waals surface area contributed by atoms with Crippen LogP contribution in [0.2, 0.25) is 0 Å². The van der Waals surface area contributed by atoms with Crippen LogP contribution in [0.15, 0.2) is 0 Å². The van der Waals surface area contributed by atoms with Crippen molar-refractivity contribution >= 4 is 0 Å². The van der Waals surface area contributed by atoms with Crippen LogP contribution in [0.5, 0.6) is 0 Å². The highest BCUT2D eigenvalue weighted by molar-refractivity contribution is 4.93. The van der Waals surface area contributed by atoms with E-state index < -0.39 is 0 Å². The highest BCUT2D eigenvalue weighted by Crippen LogP contribution is 2.40. The molecule has 2 aliphatic rings. The molecular formula is C11H21NO. The van der Waals surface area contributed by atoms with E-state index in [0.717, 1.165) is 18.4 Å². The summed E-state index contributed by atoms with van der Waals surface area (Å²) in [5, 5.41) is 12.7. The van der Waals surface area contributed by atoms with Crippen molar-refractivity contribution < 1.29 is 5.11 Å². The number of hydrogen-bond donors (Lipinski definition) is 2. The molecule has 2 rings (SSSR count). The SMILES string of the molecule is CC1(CO)CC(C2CCC2)CCN1. The quantitative estimate of drug-likeness (QED) is 0.680. The second-order valence-corrected chi connectivity index (χ2v) is 5.09. The minimum atomic E-state index is 0.0124.